The van der Waals surface area contributed by atoms with Crippen LogP contribution in [0, 0.1) is 6.92 Å². The van der Waals surface area contributed by atoms with Crippen LogP contribution in [0.25, 0.3) is 0 Å². The van der Waals surface area contributed by atoms with Gasteiger partial charge in [-0.3, -0.25) is 0 Å². The van der Waals surface area contributed by atoms with Crippen LogP contribution in [0.15, 0.2) is 36.4 Å². The van der Waals surface area contributed by atoms with Crippen molar-refractivity contribution in [2.24, 2.45) is 0 Å². The fraction of sp³-hybridized carbons (Fsp3) is 0.333. The molecule has 2 nitrogen and oxygen atoms in total. The molecule has 0 aliphatic rings. The Labute approximate surface area is 135 Å². The Kier molecular flexibility index (Phi) is 5.29. The van der Waals surface area contributed by atoms with Gasteiger partial charge in [0.15, 0.2) is 11.5 Å². The molecule has 0 aliphatic carbocycles. The van der Waals surface area contributed by atoms with Crippen molar-refractivity contribution in [2.45, 2.75) is 25.1 Å². The SMILES string of the molecule is CCc1ccccc1C(Br)c1cc(OC)c(OC)cc1C. The minimum absolute atomic E-state index is 0.147. The molecule has 3 heteroatoms. The van der Waals surface area contributed by atoms with Gasteiger partial charge >= 0.3 is 0 Å². The van der Waals surface area contributed by atoms with E-state index in [1.54, 1.807) is 14.2 Å². The second-order valence-corrected chi connectivity index (χ2v) is 5.89. The van der Waals surface area contributed by atoms with Gasteiger partial charge in [0.1, 0.15) is 0 Å². The number of methoxy groups -OCH3 is 2. The van der Waals surface area contributed by atoms with Crippen molar-refractivity contribution in [3.05, 3.63) is 58.7 Å². The molecule has 0 aliphatic heterocycles. The van der Waals surface area contributed by atoms with Crippen molar-refractivity contribution in [2.75, 3.05) is 14.2 Å². The second kappa shape index (κ2) is 6.99. The summed E-state index contributed by atoms with van der Waals surface area (Å²) in [4.78, 5) is 0.147. The smallest absolute Gasteiger partial charge is 0.161 e. The van der Waals surface area contributed by atoms with E-state index in [-0.39, 0.29) is 4.83 Å². The molecule has 1 atom stereocenters. The van der Waals surface area contributed by atoms with Crippen molar-refractivity contribution in [1.29, 1.82) is 0 Å². The summed E-state index contributed by atoms with van der Waals surface area (Å²) in [5.74, 6) is 1.53. The van der Waals surface area contributed by atoms with Crippen molar-refractivity contribution < 1.29 is 9.47 Å². The van der Waals surface area contributed by atoms with Crippen molar-refractivity contribution in [1.82, 2.24) is 0 Å². The number of ether oxygens (including phenoxy) is 2. The van der Waals surface area contributed by atoms with E-state index in [4.69, 9.17) is 9.47 Å². The molecular weight excluding hydrogens is 328 g/mol. The van der Waals surface area contributed by atoms with Gasteiger partial charge < -0.3 is 9.47 Å². The Bertz CT molecular complexity index is 623. The molecule has 0 N–H and O–H groups in total. The summed E-state index contributed by atoms with van der Waals surface area (Å²) in [6.07, 6.45) is 1.02. The maximum Gasteiger partial charge on any atom is 0.161 e. The van der Waals surface area contributed by atoms with Crippen LogP contribution in [-0.2, 0) is 6.42 Å². The van der Waals surface area contributed by atoms with Crippen LogP contribution >= 0.6 is 15.9 Å². The summed E-state index contributed by atoms with van der Waals surface area (Å²) < 4.78 is 10.8. The molecule has 0 saturated carbocycles. The van der Waals surface area contributed by atoms with Gasteiger partial charge in [0.05, 0.1) is 19.0 Å². The molecule has 0 radical (unpaired) electrons. The highest BCUT2D eigenvalue weighted by molar-refractivity contribution is 9.09. The van der Waals surface area contributed by atoms with E-state index in [0.717, 1.165) is 17.9 Å². The summed E-state index contributed by atoms with van der Waals surface area (Å²) in [6.45, 7) is 4.28. The molecule has 21 heavy (non-hydrogen) atoms. The van der Waals surface area contributed by atoms with Crippen molar-refractivity contribution >= 4 is 15.9 Å². The van der Waals surface area contributed by atoms with Crippen LogP contribution in [0.3, 0.4) is 0 Å². The van der Waals surface area contributed by atoms with Gasteiger partial charge in [-0.1, -0.05) is 47.1 Å². The Balaban J connectivity index is 2.50. The molecule has 0 saturated heterocycles. The van der Waals surface area contributed by atoms with Gasteiger partial charge in [-0.25, -0.2) is 0 Å². The van der Waals surface area contributed by atoms with E-state index in [1.807, 2.05) is 6.07 Å². The quantitative estimate of drug-likeness (QED) is 0.703. The van der Waals surface area contributed by atoms with E-state index >= 15 is 0 Å². The highest BCUT2D eigenvalue weighted by atomic mass is 79.9. The molecule has 0 bridgehead atoms. The first-order chi connectivity index (χ1) is 10.1. The van der Waals surface area contributed by atoms with Crippen LogP contribution in [0.2, 0.25) is 0 Å². The van der Waals surface area contributed by atoms with E-state index in [9.17, 15) is 0 Å². The monoisotopic (exact) mass is 348 g/mol. The highest BCUT2D eigenvalue weighted by Gasteiger charge is 2.18. The van der Waals surface area contributed by atoms with Gasteiger partial charge in [0.25, 0.3) is 0 Å². The summed E-state index contributed by atoms with van der Waals surface area (Å²) in [7, 11) is 3.33. The lowest BCUT2D eigenvalue weighted by atomic mass is 9.95. The largest absolute Gasteiger partial charge is 0.493 e. The highest BCUT2D eigenvalue weighted by Crippen LogP contribution is 2.40. The zero-order valence-electron chi connectivity index (χ0n) is 12.9. The van der Waals surface area contributed by atoms with E-state index < -0.39 is 0 Å². The fourth-order valence-corrected chi connectivity index (χ4v) is 3.48. The molecule has 2 rings (SSSR count). The molecule has 2 aromatic carbocycles. The first kappa shape index (κ1) is 15.9. The standard InChI is InChI=1S/C18H21BrO2/c1-5-13-8-6-7-9-14(13)18(19)15-11-17(21-4)16(20-3)10-12(15)2/h6-11,18H,5H2,1-4H3. The summed E-state index contributed by atoms with van der Waals surface area (Å²) >= 11 is 3.85. The molecule has 0 heterocycles. The number of benzene rings is 2. The summed E-state index contributed by atoms with van der Waals surface area (Å²) in [5.41, 5.74) is 5.04. The molecule has 0 spiro atoms. The average Bonchev–Trinajstić information content (AvgIpc) is 2.53. The number of alkyl halides is 1. The molecule has 0 amide bonds. The minimum Gasteiger partial charge on any atom is -0.493 e. The molecule has 0 fully saturated rings. The summed E-state index contributed by atoms with van der Waals surface area (Å²) in [6, 6.07) is 12.6. The Morgan fingerprint density at radius 2 is 1.62 bits per heavy atom. The third kappa shape index (κ3) is 3.24. The van der Waals surface area contributed by atoms with Crippen LogP contribution < -0.4 is 9.47 Å². The van der Waals surface area contributed by atoms with Gasteiger partial charge in [0, 0.05) is 0 Å². The third-order valence-corrected chi connectivity index (χ3v) is 4.74. The molecule has 1 unspecified atom stereocenters. The Hall–Kier alpha value is -1.48. The van der Waals surface area contributed by atoms with Crippen molar-refractivity contribution in [3.63, 3.8) is 0 Å². The lowest BCUT2D eigenvalue weighted by molar-refractivity contribution is 0.354. The fourth-order valence-electron chi connectivity index (χ4n) is 2.54. The predicted octanol–water partition coefficient (Wildman–Crippen LogP) is 5.06. The molecular formula is C18H21BrO2. The Morgan fingerprint density at radius 3 is 2.24 bits per heavy atom. The minimum atomic E-state index is 0.147. The van der Waals surface area contributed by atoms with E-state index in [1.165, 1.54) is 22.3 Å². The lowest BCUT2D eigenvalue weighted by Gasteiger charge is -2.19. The number of aryl methyl sites for hydroxylation is 2. The van der Waals surface area contributed by atoms with E-state index in [2.05, 4.69) is 60.1 Å². The second-order valence-electron chi connectivity index (χ2n) is 4.98. The topological polar surface area (TPSA) is 18.5 Å². The van der Waals surface area contributed by atoms with Crippen LogP contribution in [0.5, 0.6) is 11.5 Å². The zero-order chi connectivity index (χ0) is 15.4. The van der Waals surface area contributed by atoms with Gasteiger partial charge in [-0.15, -0.1) is 0 Å². The first-order valence-corrected chi connectivity index (χ1v) is 7.98. The number of hydrogen-bond donors (Lipinski definition) is 0. The summed E-state index contributed by atoms with van der Waals surface area (Å²) in [5, 5.41) is 0. The van der Waals surface area contributed by atoms with E-state index in [0.29, 0.717) is 0 Å². The average molecular weight is 349 g/mol. The maximum absolute atomic E-state index is 5.43. The molecule has 2 aromatic rings. The predicted molar refractivity (Wildman–Crippen MR) is 90.9 cm³/mol. The first-order valence-electron chi connectivity index (χ1n) is 7.06. The maximum atomic E-state index is 5.43. The van der Waals surface area contributed by atoms with Gasteiger partial charge in [-0.05, 0) is 47.7 Å². The van der Waals surface area contributed by atoms with Crippen LogP contribution in [0.1, 0.15) is 34.0 Å². The molecule has 112 valence electrons. The normalized spacial score (nSPS) is 12.0. The Morgan fingerprint density at radius 1 is 1.00 bits per heavy atom. The van der Waals surface area contributed by atoms with Crippen molar-refractivity contribution in [3.8, 4) is 11.5 Å². The lowest BCUT2D eigenvalue weighted by Crippen LogP contribution is -2.02. The van der Waals surface area contributed by atoms with Crippen LogP contribution in [-0.4, -0.2) is 14.2 Å². The zero-order valence-corrected chi connectivity index (χ0v) is 14.5. The van der Waals surface area contributed by atoms with Crippen LogP contribution in [0.4, 0.5) is 0 Å². The third-order valence-electron chi connectivity index (χ3n) is 3.75. The number of rotatable bonds is 5. The number of hydrogen-bond acceptors (Lipinski definition) is 2. The van der Waals surface area contributed by atoms with Gasteiger partial charge in [0.2, 0.25) is 0 Å². The van der Waals surface area contributed by atoms with Gasteiger partial charge in [-0.2, -0.15) is 0 Å². The molecule has 0 aromatic heterocycles. The number of halogens is 1.